The molecule has 0 aliphatic heterocycles. The van der Waals surface area contributed by atoms with Crippen molar-refractivity contribution in [3.05, 3.63) is 21.7 Å². The third-order valence-electron chi connectivity index (χ3n) is 0.636. The number of hydrogen-bond donors (Lipinski definition) is 0. The summed E-state index contributed by atoms with van der Waals surface area (Å²) in [6.07, 6.45) is 0. The Balaban J connectivity index is 3.17. The molecule has 48 valence electrons. The highest BCUT2D eigenvalue weighted by Crippen LogP contribution is 2.13. The normalized spacial score (nSPS) is 9.67. The molecule has 1 aromatic heterocycles. The second-order valence-electron chi connectivity index (χ2n) is 1.28. The molecule has 0 amide bonds. The summed E-state index contributed by atoms with van der Waals surface area (Å²) in [7, 11) is 0. The number of aromatic nitrogens is 2. The van der Waals surface area contributed by atoms with Crippen molar-refractivity contribution in [3.8, 4) is 0 Å². The van der Waals surface area contributed by atoms with E-state index >= 15 is 0 Å². The molecule has 0 aliphatic rings. The van der Waals surface area contributed by atoms with Crippen LogP contribution in [-0.2, 0) is 0 Å². The third kappa shape index (κ3) is 1.97. The maximum absolute atomic E-state index is 5.43. The standard InChI is InChI=1S/C4HCl3N2/c5-2-1-3(6)9-4(7)8-2/h1H/i2+1,3+1,4+1,8+1,9+1. The Morgan fingerprint density at radius 1 is 1.00 bits per heavy atom. The molecule has 0 atom stereocenters. The van der Waals surface area contributed by atoms with Crippen LogP contribution in [0.5, 0.6) is 0 Å². The van der Waals surface area contributed by atoms with Crippen LogP contribution in [0.1, 0.15) is 0 Å². The van der Waals surface area contributed by atoms with Gasteiger partial charge in [0.15, 0.2) is 0 Å². The lowest BCUT2D eigenvalue weighted by atomic mass is 11.2. The van der Waals surface area contributed by atoms with E-state index < -0.39 is 0 Å². The highest BCUT2D eigenvalue weighted by molar-refractivity contribution is 6.35. The zero-order valence-corrected chi connectivity index (χ0v) is 6.37. The van der Waals surface area contributed by atoms with Gasteiger partial charge in [0.25, 0.3) is 0 Å². The highest BCUT2D eigenvalue weighted by atomic mass is 35.5. The number of halogens is 3. The van der Waals surface area contributed by atoms with E-state index in [2.05, 4.69) is 9.97 Å². The van der Waals surface area contributed by atoms with E-state index in [0.29, 0.717) is 0 Å². The summed E-state index contributed by atoms with van der Waals surface area (Å²) in [5, 5.41) is 0.563. The quantitative estimate of drug-likeness (QED) is 0.462. The van der Waals surface area contributed by atoms with Gasteiger partial charge in [-0.25, -0.2) is 9.97 Å². The van der Waals surface area contributed by atoms with Crippen LogP contribution in [0.4, 0.5) is 0 Å². The fourth-order valence-electron chi connectivity index (χ4n) is 0.364. The molecule has 0 unspecified atom stereocenters. The summed E-state index contributed by atoms with van der Waals surface area (Å²) in [5.41, 5.74) is 0. The zero-order valence-electron chi connectivity index (χ0n) is 4.11. The molecule has 0 radical (unpaired) electrons. The van der Waals surface area contributed by atoms with Gasteiger partial charge in [-0.2, -0.15) is 0 Å². The third-order valence-corrected chi connectivity index (χ3v) is 1.19. The second-order valence-corrected chi connectivity index (χ2v) is 2.39. The van der Waals surface area contributed by atoms with E-state index in [1.165, 1.54) is 6.07 Å². The van der Waals surface area contributed by atoms with Gasteiger partial charge in [-0.3, -0.25) is 0 Å². The second kappa shape index (κ2) is 2.69. The first-order valence-corrected chi connectivity index (χ1v) is 3.17. The first kappa shape index (κ1) is 7.06. The molecule has 0 bridgehead atoms. The number of rotatable bonds is 0. The molecule has 0 aliphatic carbocycles. The van der Waals surface area contributed by atoms with Gasteiger partial charge in [0, 0.05) is 6.07 Å². The minimum absolute atomic E-state index is 0.0625. The summed E-state index contributed by atoms with van der Waals surface area (Å²) in [6, 6.07) is 1.41. The minimum Gasteiger partial charge on any atom is -0.206 e. The first-order valence-electron chi connectivity index (χ1n) is 2.04. The predicted molar refractivity (Wildman–Crippen MR) is 37.1 cm³/mol. The van der Waals surface area contributed by atoms with Crippen LogP contribution in [0.3, 0.4) is 0 Å². The lowest BCUT2D eigenvalue weighted by molar-refractivity contribution is 1.17. The van der Waals surface area contributed by atoms with Gasteiger partial charge in [0.05, 0.1) is 0 Å². The van der Waals surface area contributed by atoms with Gasteiger partial charge in [-0.1, -0.05) is 23.2 Å². The average Bonchev–Trinajstić information content (AvgIpc) is 1.59. The van der Waals surface area contributed by atoms with Crippen LogP contribution in [0.25, 0.3) is 0 Å². The predicted octanol–water partition coefficient (Wildman–Crippen LogP) is 2.44. The Labute approximate surface area is 66.8 Å². The van der Waals surface area contributed by atoms with Crippen molar-refractivity contribution < 1.29 is 0 Å². The van der Waals surface area contributed by atoms with Crippen LogP contribution in [-0.4, -0.2) is 9.97 Å². The average molecular weight is 188 g/mol. The molecular weight excluding hydrogens is 187 g/mol. The molecule has 1 aromatic rings. The monoisotopic (exact) mass is 187 g/mol. The van der Waals surface area contributed by atoms with E-state index in [-0.39, 0.29) is 15.6 Å². The maximum Gasteiger partial charge on any atom is 0.225 e. The van der Waals surface area contributed by atoms with Crippen LogP contribution in [0, 0.1) is 0 Å². The number of hydrogen-bond acceptors (Lipinski definition) is 2. The summed E-state index contributed by atoms with van der Waals surface area (Å²) in [4.78, 5) is 7.14. The van der Waals surface area contributed by atoms with Crippen molar-refractivity contribution >= 4 is 34.8 Å². The molecule has 0 saturated carbocycles. The summed E-state index contributed by atoms with van der Waals surface area (Å²) in [6.45, 7) is 0. The molecule has 0 fully saturated rings. The topological polar surface area (TPSA) is 25.8 Å². The molecule has 0 saturated heterocycles. The minimum atomic E-state index is 0.0625. The van der Waals surface area contributed by atoms with Crippen LogP contribution in [0.2, 0.25) is 15.6 Å². The maximum atomic E-state index is 5.43. The van der Waals surface area contributed by atoms with E-state index in [4.69, 9.17) is 34.8 Å². The van der Waals surface area contributed by atoms with Crippen molar-refractivity contribution in [3.63, 3.8) is 0 Å². The fourth-order valence-corrected chi connectivity index (χ4v) is 1.06. The lowest BCUT2D eigenvalue weighted by Gasteiger charge is -1.89. The van der Waals surface area contributed by atoms with Gasteiger partial charge in [-0.05, 0) is 11.6 Å². The van der Waals surface area contributed by atoms with Crippen LogP contribution < -0.4 is 0 Å². The SMILES string of the molecule is Cl[13c]1c[13c](Cl)[15n][13c](Cl)[15n]1. The molecular formula is C4HCl3N2. The smallest absolute Gasteiger partial charge is 0.206 e. The Morgan fingerprint density at radius 3 is 1.78 bits per heavy atom. The van der Waals surface area contributed by atoms with Crippen molar-refractivity contribution in [2.45, 2.75) is 0 Å². The van der Waals surface area contributed by atoms with E-state index in [1.807, 2.05) is 0 Å². The van der Waals surface area contributed by atoms with E-state index in [1.54, 1.807) is 0 Å². The lowest BCUT2D eigenvalue weighted by Crippen LogP contribution is -1.81. The largest absolute Gasteiger partial charge is 0.225 e. The zero-order chi connectivity index (χ0) is 6.85. The van der Waals surface area contributed by atoms with Crippen LogP contribution in [0.15, 0.2) is 6.07 Å². The number of nitrogens with zero attached hydrogens (tertiary/aromatic N) is 2. The van der Waals surface area contributed by atoms with Crippen molar-refractivity contribution in [1.82, 2.24) is 9.97 Å². The molecule has 0 aromatic carbocycles. The van der Waals surface area contributed by atoms with Gasteiger partial charge in [0.2, 0.25) is 5.28 Å². The summed E-state index contributed by atoms with van der Waals surface area (Å²) >= 11 is 16.2. The first-order chi connectivity index (χ1) is 4.18. The molecule has 9 heavy (non-hydrogen) atoms. The van der Waals surface area contributed by atoms with Crippen molar-refractivity contribution in [2.75, 3.05) is 0 Å². The highest BCUT2D eigenvalue weighted by Gasteiger charge is 1.95. The van der Waals surface area contributed by atoms with Crippen LogP contribution >= 0.6 is 34.8 Å². The fraction of sp³-hybridized carbons (Fsp3) is 0. The molecule has 1 heterocycles. The molecule has 2 nitrogen and oxygen atoms in total. The Bertz CT molecular complexity index is 175. The van der Waals surface area contributed by atoms with Gasteiger partial charge < -0.3 is 0 Å². The molecule has 0 N–H and O–H groups in total. The summed E-state index contributed by atoms with van der Waals surface area (Å²) in [5.74, 6) is 0. The molecule has 5 heteroatoms. The Morgan fingerprint density at radius 2 is 1.44 bits per heavy atom. The van der Waals surface area contributed by atoms with E-state index in [0.717, 1.165) is 0 Å². The Hall–Kier alpha value is -0.0500. The van der Waals surface area contributed by atoms with Gasteiger partial charge >= 0.3 is 0 Å². The van der Waals surface area contributed by atoms with Gasteiger partial charge in [0.1, 0.15) is 10.3 Å². The summed E-state index contributed by atoms with van der Waals surface area (Å²) < 4.78 is 0. The molecule has 0 spiro atoms. The van der Waals surface area contributed by atoms with Crippen molar-refractivity contribution in [1.29, 1.82) is 0 Å². The van der Waals surface area contributed by atoms with Crippen molar-refractivity contribution in [2.24, 2.45) is 0 Å². The van der Waals surface area contributed by atoms with Gasteiger partial charge in [-0.15, -0.1) is 0 Å². The molecule has 1 rings (SSSR count). The van der Waals surface area contributed by atoms with E-state index in [9.17, 15) is 0 Å². The Kier molecular flexibility index (Phi) is 2.11.